The van der Waals surface area contributed by atoms with Crippen LogP contribution in [0.1, 0.15) is 12.8 Å². The van der Waals surface area contributed by atoms with Gasteiger partial charge in [-0.2, -0.15) is 0 Å². The van der Waals surface area contributed by atoms with E-state index >= 15 is 0 Å². The van der Waals surface area contributed by atoms with Crippen molar-refractivity contribution >= 4 is 23.6 Å². The topological polar surface area (TPSA) is 115 Å². The van der Waals surface area contributed by atoms with Gasteiger partial charge in [-0.05, 0) is 12.8 Å². The van der Waals surface area contributed by atoms with Gasteiger partial charge in [-0.15, -0.1) is 0 Å². The Morgan fingerprint density at radius 3 is 2.11 bits per heavy atom. The lowest BCUT2D eigenvalue weighted by molar-refractivity contribution is -0.166. The molecule has 0 saturated carbocycles. The predicted molar refractivity (Wildman–Crippen MR) is 55.9 cm³/mol. The van der Waals surface area contributed by atoms with Crippen LogP contribution in [0, 0.1) is 0 Å². The predicted octanol–water partition coefficient (Wildman–Crippen LogP) is -1.01. The standard InChI is InChI=1S/C10H12N2O6/c13-6-5-12(9(17)18)10(7(6)14,8(15)16)11-3-1-2-4-11/h1-5H2,(H,15,16)(H,17,18). The molecule has 18 heavy (non-hydrogen) atoms. The van der Waals surface area contributed by atoms with E-state index in [1.165, 1.54) is 4.90 Å². The Morgan fingerprint density at radius 2 is 1.67 bits per heavy atom. The summed E-state index contributed by atoms with van der Waals surface area (Å²) in [5, 5.41) is 18.3. The summed E-state index contributed by atoms with van der Waals surface area (Å²) in [6, 6.07) is 0. The minimum Gasteiger partial charge on any atom is -0.478 e. The van der Waals surface area contributed by atoms with Gasteiger partial charge in [-0.1, -0.05) is 0 Å². The summed E-state index contributed by atoms with van der Waals surface area (Å²) in [4.78, 5) is 47.6. The molecule has 0 aromatic rings. The van der Waals surface area contributed by atoms with E-state index in [0.717, 1.165) is 0 Å². The van der Waals surface area contributed by atoms with Gasteiger partial charge in [0.15, 0.2) is 0 Å². The lowest BCUT2D eigenvalue weighted by Gasteiger charge is -2.37. The summed E-state index contributed by atoms with van der Waals surface area (Å²) in [5.41, 5.74) is -2.36. The fourth-order valence-corrected chi connectivity index (χ4v) is 2.56. The third-order valence-electron chi connectivity index (χ3n) is 3.36. The van der Waals surface area contributed by atoms with Crippen molar-refractivity contribution in [1.82, 2.24) is 9.80 Å². The minimum absolute atomic E-state index is 0.287. The number of aliphatic carboxylic acids is 1. The largest absolute Gasteiger partial charge is 0.478 e. The molecule has 0 aromatic carbocycles. The van der Waals surface area contributed by atoms with Crippen molar-refractivity contribution in [2.45, 2.75) is 18.5 Å². The van der Waals surface area contributed by atoms with E-state index in [4.69, 9.17) is 5.11 Å². The maximum Gasteiger partial charge on any atom is 0.410 e. The Bertz CT molecular complexity index is 442. The highest BCUT2D eigenvalue weighted by Gasteiger charge is 2.65. The summed E-state index contributed by atoms with van der Waals surface area (Å²) in [6.07, 6.45) is -0.239. The molecule has 2 N–H and O–H groups in total. The second-order valence-corrected chi connectivity index (χ2v) is 4.29. The molecule has 0 bridgehead atoms. The zero-order chi connectivity index (χ0) is 13.5. The first-order valence-electron chi connectivity index (χ1n) is 5.49. The highest BCUT2D eigenvalue weighted by atomic mass is 16.4. The molecule has 0 aliphatic carbocycles. The number of hydrogen-bond acceptors (Lipinski definition) is 5. The SMILES string of the molecule is O=C1CN(C(=O)O)C(C(=O)O)(N2CCCC2)C1=O. The first-order chi connectivity index (χ1) is 8.42. The summed E-state index contributed by atoms with van der Waals surface area (Å²) < 4.78 is 0. The number of amides is 1. The molecule has 1 unspecified atom stereocenters. The van der Waals surface area contributed by atoms with Crippen molar-refractivity contribution < 1.29 is 29.4 Å². The third-order valence-corrected chi connectivity index (χ3v) is 3.36. The van der Waals surface area contributed by atoms with Crippen molar-refractivity contribution in [3.8, 4) is 0 Å². The van der Waals surface area contributed by atoms with Gasteiger partial charge < -0.3 is 10.2 Å². The number of carbonyl (C=O) groups is 4. The molecule has 1 atom stereocenters. The maximum atomic E-state index is 11.9. The van der Waals surface area contributed by atoms with E-state index in [2.05, 4.69) is 0 Å². The quantitative estimate of drug-likeness (QED) is 0.480. The van der Waals surface area contributed by atoms with Crippen LogP contribution >= 0.6 is 0 Å². The highest BCUT2D eigenvalue weighted by molar-refractivity contribution is 6.48. The molecule has 2 rings (SSSR count). The molecule has 98 valence electrons. The van der Waals surface area contributed by atoms with Crippen LogP contribution in [0.5, 0.6) is 0 Å². The molecule has 2 saturated heterocycles. The monoisotopic (exact) mass is 256 g/mol. The Labute approximate surface area is 102 Å². The Kier molecular flexibility index (Phi) is 2.81. The first kappa shape index (κ1) is 12.5. The van der Waals surface area contributed by atoms with E-state index in [9.17, 15) is 24.3 Å². The number of carboxylic acid groups (broad SMARTS) is 2. The Morgan fingerprint density at radius 1 is 1.11 bits per heavy atom. The van der Waals surface area contributed by atoms with Gasteiger partial charge in [-0.25, -0.2) is 9.59 Å². The molecule has 0 aromatic heterocycles. The molecule has 1 amide bonds. The lowest BCUT2D eigenvalue weighted by atomic mass is 10.0. The van der Waals surface area contributed by atoms with E-state index in [-0.39, 0.29) is 13.1 Å². The summed E-state index contributed by atoms with van der Waals surface area (Å²) in [6.45, 7) is -0.124. The van der Waals surface area contributed by atoms with Crippen LogP contribution in [0.3, 0.4) is 0 Å². The van der Waals surface area contributed by atoms with E-state index in [1.54, 1.807) is 0 Å². The van der Waals surface area contributed by atoms with Crippen LogP contribution in [-0.4, -0.2) is 68.9 Å². The first-order valence-corrected chi connectivity index (χ1v) is 5.49. The van der Waals surface area contributed by atoms with Crippen molar-refractivity contribution in [2.24, 2.45) is 0 Å². The van der Waals surface area contributed by atoms with Crippen molar-refractivity contribution in [1.29, 1.82) is 0 Å². The maximum absolute atomic E-state index is 11.9. The Hall–Kier alpha value is -1.96. The number of Topliss-reactive ketones (excluding diaryl/α,β-unsaturated/α-hetero) is 2. The summed E-state index contributed by atoms with van der Waals surface area (Å²) in [5.74, 6) is -3.76. The fourth-order valence-electron chi connectivity index (χ4n) is 2.56. The molecular weight excluding hydrogens is 244 g/mol. The van der Waals surface area contributed by atoms with Crippen molar-refractivity contribution in [3.63, 3.8) is 0 Å². The van der Waals surface area contributed by atoms with Gasteiger partial charge in [0.2, 0.25) is 5.78 Å². The summed E-state index contributed by atoms with van der Waals surface area (Å²) in [7, 11) is 0. The highest BCUT2D eigenvalue weighted by Crippen LogP contribution is 2.31. The van der Waals surface area contributed by atoms with Crippen LogP contribution < -0.4 is 0 Å². The van der Waals surface area contributed by atoms with Gasteiger partial charge in [-0.3, -0.25) is 19.4 Å². The number of likely N-dealkylation sites (tertiary alicyclic amines) is 2. The van der Waals surface area contributed by atoms with Crippen LogP contribution in [-0.2, 0) is 14.4 Å². The number of ketones is 2. The zero-order valence-corrected chi connectivity index (χ0v) is 9.46. The van der Waals surface area contributed by atoms with Gasteiger partial charge in [0.1, 0.15) is 0 Å². The number of nitrogens with zero attached hydrogens (tertiary/aromatic N) is 2. The molecule has 0 radical (unpaired) electrons. The molecular formula is C10H12N2O6. The number of rotatable bonds is 2. The number of hydrogen-bond donors (Lipinski definition) is 2. The average Bonchev–Trinajstić information content (AvgIpc) is 2.87. The molecule has 8 nitrogen and oxygen atoms in total. The van der Waals surface area contributed by atoms with Crippen LogP contribution in [0.15, 0.2) is 0 Å². The second-order valence-electron chi connectivity index (χ2n) is 4.29. The van der Waals surface area contributed by atoms with Crippen molar-refractivity contribution in [3.05, 3.63) is 0 Å². The van der Waals surface area contributed by atoms with Crippen LogP contribution in [0.4, 0.5) is 4.79 Å². The van der Waals surface area contributed by atoms with Crippen LogP contribution in [0.2, 0.25) is 0 Å². The van der Waals surface area contributed by atoms with E-state index in [0.29, 0.717) is 17.7 Å². The molecule has 2 aliphatic heterocycles. The van der Waals surface area contributed by atoms with Crippen molar-refractivity contribution in [2.75, 3.05) is 19.6 Å². The number of carbonyl (C=O) groups excluding carboxylic acids is 2. The van der Waals surface area contributed by atoms with Gasteiger partial charge in [0, 0.05) is 13.1 Å². The molecule has 8 heteroatoms. The smallest absolute Gasteiger partial charge is 0.410 e. The fraction of sp³-hybridized carbons (Fsp3) is 0.600. The van der Waals surface area contributed by atoms with Gasteiger partial charge in [0.05, 0.1) is 6.54 Å². The molecule has 2 fully saturated rings. The normalized spacial score (nSPS) is 29.0. The third kappa shape index (κ3) is 1.42. The summed E-state index contributed by atoms with van der Waals surface area (Å²) >= 11 is 0. The molecule has 0 spiro atoms. The molecule has 2 heterocycles. The van der Waals surface area contributed by atoms with Gasteiger partial charge >= 0.3 is 12.1 Å². The van der Waals surface area contributed by atoms with Gasteiger partial charge in [0.25, 0.3) is 11.4 Å². The van der Waals surface area contributed by atoms with E-state index < -0.39 is 35.8 Å². The second kappa shape index (κ2) is 4.05. The van der Waals surface area contributed by atoms with Crippen LogP contribution in [0.25, 0.3) is 0 Å². The minimum atomic E-state index is -2.36. The van der Waals surface area contributed by atoms with E-state index in [1.807, 2.05) is 0 Å². The lowest BCUT2D eigenvalue weighted by Crippen LogP contribution is -2.66. The Balaban J connectivity index is 2.54. The average molecular weight is 256 g/mol. The molecule has 2 aliphatic rings. The zero-order valence-electron chi connectivity index (χ0n) is 9.46. The number of carboxylic acids is 1.